The molecular weight excluding hydrogens is 446 g/mol. The second-order valence-electron chi connectivity index (χ2n) is 8.08. The molecule has 2 atom stereocenters. The van der Waals surface area contributed by atoms with E-state index in [9.17, 15) is 9.59 Å². The number of carbonyl (C=O) groups is 2. The summed E-state index contributed by atoms with van der Waals surface area (Å²) < 4.78 is 6.72. The van der Waals surface area contributed by atoms with Gasteiger partial charge in [-0.05, 0) is 42.7 Å². The summed E-state index contributed by atoms with van der Waals surface area (Å²) in [4.78, 5) is 31.8. The Bertz CT molecular complexity index is 1010. The van der Waals surface area contributed by atoms with Gasteiger partial charge < -0.3 is 14.5 Å². The number of carbonyl (C=O) groups excluding carboxylic acids is 2. The molecule has 5 rings (SSSR count). The van der Waals surface area contributed by atoms with Crippen molar-refractivity contribution >= 4 is 33.6 Å². The predicted octanol–water partition coefficient (Wildman–Crippen LogP) is 3.68. The standard InChI is InChI=1S/C23H24BrN3O3/c1-2-25-9-10-26(22(28)18-8-7-17(24)12-19(18)25)14-21-20-11-15-5-3-4-6-16(15)13-27(20)23(29)30-21/h3-8,12,20-21H,2,9-11,13-14H2,1H3. The number of benzene rings is 2. The lowest BCUT2D eigenvalue weighted by atomic mass is 9.92. The fourth-order valence-corrected chi connectivity index (χ4v) is 5.16. The molecule has 0 saturated carbocycles. The molecule has 0 aromatic heterocycles. The molecule has 7 heteroatoms. The number of fused-ring (bicyclic) bond motifs is 3. The maximum Gasteiger partial charge on any atom is 0.410 e. The topological polar surface area (TPSA) is 53.1 Å². The van der Waals surface area contributed by atoms with Crippen LogP contribution in [0.2, 0.25) is 0 Å². The second-order valence-corrected chi connectivity index (χ2v) is 9.00. The van der Waals surface area contributed by atoms with Gasteiger partial charge in [0.1, 0.15) is 6.10 Å². The zero-order valence-corrected chi connectivity index (χ0v) is 18.5. The number of nitrogens with zero attached hydrogens (tertiary/aromatic N) is 3. The van der Waals surface area contributed by atoms with Crippen LogP contribution in [0.15, 0.2) is 46.9 Å². The lowest BCUT2D eigenvalue weighted by Gasteiger charge is -2.32. The van der Waals surface area contributed by atoms with Crippen molar-refractivity contribution in [3.05, 3.63) is 63.6 Å². The highest BCUT2D eigenvalue weighted by Crippen LogP contribution is 2.33. The van der Waals surface area contributed by atoms with Crippen molar-refractivity contribution in [3.8, 4) is 0 Å². The van der Waals surface area contributed by atoms with Crippen LogP contribution in [0, 0.1) is 0 Å². The summed E-state index contributed by atoms with van der Waals surface area (Å²) in [5.41, 5.74) is 4.09. The third-order valence-corrected chi connectivity index (χ3v) is 6.94. The van der Waals surface area contributed by atoms with Gasteiger partial charge in [0, 0.05) is 30.7 Å². The zero-order valence-electron chi connectivity index (χ0n) is 16.9. The Labute approximate surface area is 184 Å². The monoisotopic (exact) mass is 469 g/mol. The van der Waals surface area contributed by atoms with Crippen molar-refractivity contribution in [1.29, 1.82) is 0 Å². The Morgan fingerprint density at radius 2 is 1.83 bits per heavy atom. The van der Waals surface area contributed by atoms with Gasteiger partial charge in [-0.25, -0.2) is 4.79 Å². The molecule has 2 aromatic carbocycles. The average Bonchev–Trinajstić information content (AvgIpc) is 2.98. The largest absolute Gasteiger partial charge is 0.442 e. The Morgan fingerprint density at radius 3 is 2.63 bits per heavy atom. The number of hydrogen-bond donors (Lipinski definition) is 0. The van der Waals surface area contributed by atoms with Crippen LogP contribution in [0.1, 0.15) is 28.4 Å². The molecule has 0 bridgehead atoms. The number of likely N-dealkylation sites (N-methyl/N-ethyl adjacent to an activating group) is 1. The van der Waals surface area contributed by atoms with Gasteiger partial charge in [-0.3, -0.25) is 9.69 Å². The smallest absolute Gasteiger partial charge is 0.410 e. The molecule has 0 N–H and O–H groups in total. The Balaban J connectivity index is 1.40. The minimum Gasteiger partial charge on any atom is -0.442 e. The van der Waals surface area contributed by atoms with Gasteiger partial charge in [0.2, 0.25) is 0 Å². The molecule has 156 valence electrons. The van der Waals surface area contributed by atoms with E-state index in [0.29, 0.717) is 25.2 Å². The minimum atomic E-state index is -0.318. The van der Waals surface area contributed by atoms with Crippen molar-refractivity contribution in [2.75, 3.05) is 31.1 Å². The molecule has 30 heavy (non-hydrogen) atoms. The van der Waals surface area contributed by atoms with E-state index < -0.39 is 0 Å². The van der Waals surface area contributed by atoms with Crippen LogP contribution in [0.3, 0.4) is 0 Å². The highest BCUT2D eigenvalue weighted by atomic mass is 79.9. The lowest BCUT2D eigenvalue weighted by Crippen LogP contribution is -2.47. The Kier molecular flexibility index (Phi) is 4.93. The molecule has 2 aromatic rings. The van der Waals surface area contributed by atoms with Crippen molar-refractivity contribution in [2.24, 2.45) is 0 Å². The average molecular weight is 470 g/mol. The fraction of sp³-hybridized carbons (Fsp3) is 0.391. The molecule has 3 heterocycles. The number of hydrogen-bond acceptors (Lipinski definition) is 4. The molecule has 3 aliphatic rings. The quantitative estimate of drug-likeness (QED) is 0.687. The number of ether oxygens (including phenoxy) is 1. The number of halogens is 1. The van der Waals surface area contributed by atoms with Crippen LogP contribution in [0.5, 0.6) is 0 Å². The normalized spacial score (nSPS) is 22.9. The van der Waals surface area contributed by atoms with Crippen molar-refractivity contribution < 1.29 is 14.3 Å². The molecule has 6 nitrogen and oxygen atoms in total. The SMILES string of the molecule is CCN1CCN(CC2OC(=O)N3Cc4ccccc4CC23)C(=O)c2ccc(Br)cc21. The van der Waals surface area contributed by atoms with E-state index in [1.54, 1.807) is 0 Å². The summed E-state index contributed by atoms with van der Waals surface area (Å²) in [5.74, 6) is -0.000779. The van der Waals surface area contributed by atoms with Gasteiger partial charge in [-0.1, -0.05) is 40.2 Å². The molecule has 0 aliphatic carbocycles. The zero-order chi connectivity index (χ0) is 20.8. The predicted molar refractivity (Wildman–Crippen MR) is 118 cm³/mol. The van der Waals surface area contributed by atoms with Gasteiger partial charge in [0.15, 0.2) is 0 Å². The van der Waals surface area contributed by atoms with Gasteiger partial charge in [-0.2, -0.15) is 0 Å². The molecule has 0 radical (unpaired) electrons. The van der Waals surface area contributed by atoms with E-state index in [1.807, 2.05) is 40.1 Å². The van der Waals surface area contributed by atoms with Gasteiger partial charge in [0.05, 0.1) is 23.8 Å². The first-order valence-electron chi connectivity index (χ1n) is 10.4. The Morgan fingerprint density at radius 1 is 1.07 bits per heavy atom. The highest BCUT2D eigenvalue weighted by Gasteiger charge is 2.45. The molecule has 2 unspecified atom stereocenters. The first-order valence-corrected chi connectivity index (χ1v) is 11.2. The summed E-state index contributed by atoms with van der Waals surface area (Å²) in [6, 6.07) is 14.0. The summed E-state index contributed by atoms with van der Waals surface area (Å²) in [7, 11) is 0. The summed E-state index contributed by atoms with van der Waals surface area (Å²) >= 11 is 3.52. The highest BCUT2D eigenvalue weighted by molar-refractivity contribution is 9.10. The maximum atomic E-state index is 13.4. The molecule has 1 saturated heterocycles. The van der Waals surface area contributed by atoms with Crippen LogP contribution >= 0.6 is 15.9 Å². The summed E-state index contributed by atoms with van der Waals surface area (Å²) in [6.45, 7) is 5.28. The minimum absolute atomic E-state index is 0.000779. The van der Waals surface area contributed by atoms with Crippen LogP contribution in [-0.2, 0) is 17.7 Å². The van der Waals surface area contributed by atoms with E-state index in [1.165, 1.54) is 11.1 Å². The fourth-order valence-electron chi connectivity index (χ4n) is 4.81. The second kappa shape index (κ2) is 7.61. The first kappa shape index (κ1) is 19.4. The molecule has 0 spiro atoms. The van der Waals surface area contributed by atoms with Crippen LogP contribution in [-0.4, -0.2) is 60.1 Å². The van der Waals surface area contributed by atoms with Gasteiger partial charge >= 0.3 is 6.09 Å². The van der Waals surface area contributed by atoms with Gasteiger partial charge in [-0.15, -0.1) is 0 Å². The first-order chi connectivity index (χ1) is 14.5. The van der Waals surface area contributed by atoms with Crippen LogP contribution in [0.25, 0.3) is 0 Å². The number of amides is 2. The van der Waals surface area contributed by atoms with Crippen molar-refractivity contribution in [3.63, 3.8) is 0 Å². The van der Waals surface area contributed by atoms with E-state index in [-0.39, 0.29) is 24.1 Å². The summed E-state index contributed by atoms with van der Waals surface area (Å²) in [5, 5.41) is 0. The third kappa shape index (κ3) is 3.25. The van der Waals surface area contributed by atoms with Crippen molar-refractivity contribution in [2.45, 2.75) is 32.0 Å². The molecule has 3 aliphatic heterocycles. The molecular formula is C23H24BrN3O3. The third-order valence-electron chi connectivity index (χ3n) is 6.44. The maximum absolute atomic E-state index is 13.4. The Hall–Kier alpha value is -2.54. The van der Waals surface area contributed by atoms with E-state index in [4.69, 9.17) is 4.74 Å². The van der Waals surface area contributed by atoms with Crippen LogP contribution in [0.4, 0.5) is 10.5 Å². The number of rotatable bonds is 3. The number of cyclic esters (lactones) is 1. The molecule has 2 amide bonds. The summed E-state index contributed by atoms with van der Waals surface area (Å²) in [6.07, 6.45) is 0.169. The van der Waals surface area contributed by atoms with E-state index in [0.717, 1.165) is 29.7 Å². The van der Waals surface area contributed by atoms with Crippen LogP contribution < -0.4 is 4.90 Å². The lowest BCUT2D eigenvalue weighted by molar-refractivity contribution is 0.0616. The van der Waals surface area contributed by atoms with E-state index in [2.05, 4.69) is 39.9 Å². The van der Waals surface area contributed by atoms with Crippen molar-refractivity contribution in [1.82, 2.24) is 9.80 Å². The van der Waals surface area contributed by atoms with Gasteiger partial charge in [0.25, 0.3) is 5.91 Å². The number of anilines is 1. The molecule has 1 fully saturated rings. The van der Waals surface area contributed by atoms with E-state index >= 15 is 0 Å².